The van der Waals surface area contributed by atoms with E-state index in [1.807, 2.05) is 0 Å². The third-order valence-electron chi connectivity index (χ3n) is 2.36. The molecule has 0 radical (unpaired) electrons. The monoisotopic (exact) mass is 265 g/mol. The van der Waals surface area contributed by atoms with E-state index in [1.165, 1.54) is 4.88 Å². The molecule has 0 spiro atoms. The first-order chi connectivity index (χ1) is 8.42. The fourth-order valence-electron chi connectivity index (χ4n) is 1.90. The van der Waals surface area contributed by atoms with Gasteiger partial charge in [0, 0.05) is 30.0 Å². The van der Waals surface area contributed by atoms with E-state index in [-0.39, 0.29) is 6.61 Å². The summed E-state index contributed by atoms with van der Waals surface area (Å²) in [6.07, 6.45) is 0.549. The van der Waals surface area contributed by atoms with Crippen LogP contribution in [-0.4, -0.2) is 30.2 Å². The molecule has 1 aromatic heterocycles. The Morgan fingerprint density at radius 2 is 2.11 bits per heavy atom. The van der Waals surface area contributed by atoms with Gasteiger partial charge in [0.2, 0.25) is 0 Å². The number of thiophene rings is 1. The first-order valence-electron chi connectivity index (χ1n) is 6.27. The molecule has 100 valence electrons. The normalized spacial score (nSPS) is 11.4. The first-order valence-corrected chi connectivity index (χ1v) is 7.15. The van der Waals surface area contributed by atoms with Gasteiger partial charge >= 0.3 is 0 Å². The van der Waals surface area contributed by atoms with Crippen molar-refractivity contribution in [3.8, 4) is 11.8 Å². The lowest BCUT2D eigenvalue weighted by Crippen LogP contribution is -2.28. The fraction of sp³-hybridized carbons (Fsp3) is 0.600. The molecule has 1 N–H and O–H groups in total. The lowest BCUT2D eigenvalue weighted by Gasteiger charge is -2.26. The summed E-state index contributed by atoms with van der Waals surface area (Å²) in [5, 5.41) is 10.8. The standard InChI is InChI=1S/C15H23NOS/c1-15(2,3)12-16(4)11-14-13(8-10-18-14)7-5-6-9-17/h8,10,17H,6,9,11-12H2,1-4H3. The molecule has 1 rings (SSSR count). The van der Waals surface area contributed by atoms with Crippen molar-refractivity contribution in [2.24, 2.45) is 5.41 Å². The summed E-state index contributed by atoms with van der Waals surface area (Å²) in [7, 11) is 2.15. The van der Waals surface area contributed by atoms with E-state index in [2.05, 4.69) is 56.0 Å². The van der Waals surface area contributed by atoms with Crippen LogP contribution in [0.4, 0.5) is 0 Å². The predicted octanol–water partition coefficient (Wildman–Crippen LogP) is 2.96. The van der Waals surface area contributed by atoms with Crippen LogP contribution in [0.3, 0.4) is 0 Å². The zero-order chi connectivity index (χ0) is 13.6. The van der Waals surface area contributed by atoms with E-state index in [9.17, 15) is 0 Å². The van der Waals surface area contributed by atoms with E-state index in [1.54, 1.807) is 11.3 Å². The summed E-state index contributed by atoms with van der Waals surface area (Å²) in [6, 6.07) is 2.06. The summed E-state index contributed by atoms with van der Waals surface area (Å²) < 4.78 is 0. The maximum absolute atomic E-state index is 8.73. The summed E-state index contributed by atoms with van der Waals surface area (Å²) in [4.78, 5) is 3.65. The van der Waals surface area contributed by atoms with Crippen LogP contribution in [0.2, 0.25) is 0 Å². The molecule has 0 unspecified atom stereocenters. The third-order valence-corrected chi connectivity index (χ3v) is 3.27. The second-order valence-electron chi connectivity index (χ2n) is 5.77. The van der Waals surface area contributed by atoms with Crippen molar-refractivity contribution < 1.29 is 5.11 Å². The van der Waals surface area contributed by atoms with Crippen molar-refractivity contribution in [1.82, 2.24) is 4.90 Å². The zero-order valence-electron chi connectivity index (χ0n) is 11.8. The van der Waals surface area contributed by atoms with Crippen LogP contribution in [0.1, 0.15) is 37.6 Å². The highest BCUT2D eigenvalue weighted by Crippen LogP contribution is 2.20. The van der Waals surface area contributed by atoms with Gasteiger partial charge in [-0.2, -0.15) is 0 Å². The number of nitrogens with zero attached hydrogens (tertiary/aromatic N) is 1. The van der Waals surface area contributed by atoms with Gasteiger partial charge in [-0.25, -0.2) is 0 Å². The molecule has 3 heteroatoms. The van der Waals surface area contributed by atoms with Gasteiger partial charge in [0.15, 0.2) is 0 Å². The molecule has 18 heavy (non-hydrogen) atoms. The Bertz CT molecular complexity index is 420. The summed E-state index contributed by atoms with van der Waals surface area (Å²) in [6.45, 7) is 8.89. The zero-order valence-corrected chi connectivity index (χ0v) is 12.6. The lowest BCUT2D eigenvalue weighted by molar-refractivity contribution is 0.222. The van der Waals surface area contributed by atoms with Gasteiger partial charge in [-0.1, -0.05) is 32.6 Å². The molecule has 0 aromatic carbocycles. The molecule has 0 fully saturated rings. The number of hydrogen-bond donors (Lipinski definition) is 1. The van der Waals surface area contributed by atoms with Crippen molar-refractivity contribution in [2.75, 3.05) is 20.2 Å². The van der Waals surface area contributed by atoms with Gasteiger partial charge in [0.1, 0.15) is 0 Å². The van der Waals surface area contributed by atoms with Crippen LogP contribution in [0.5, 0.6) is 0 Å². The lowest BCUT2D eigenvalue weighted by atomic mass is 9.96. The van der Waals surface area contributed by atoms with E-state index < -0.39 is 0 Å². The number of aliphatic hydroxyl groups is 1. The van der Waals surface area contributed by atoms with Gasteiger partial charge in [-0.15, -0.1) is 11.3 Å². The number of rotatable bonds is 4. The number of hydrogen-bond acceptors (Lipinski definition) is 3. The van der Waals surface area contributed by atoms with E-state index in [4.69, 9.17) is 5.11 Å². The van der Waals surface area contributed by atoms with Crippen molar-refractivity contribution in [1.29, 1.82) is 0 Å². The molecule has 0 saturated carbocycles. The predicted molar refractivity (Wildman–Crippen MR) is 78.7 cm³/mol. The quantitative estimate of drug-likeness (QED) is 0.846. The maximum Gasteiger partial charge on any atom is 0.0540 e. The molecule has 0 atom stereocenters. The van der Waals surface area contributed by atoms with E-state index >= 15 is 0 Å². The van der Waals surface area contributed by atoms with E-state index in [0.717, 1.165) is 18.7 Å². The van der Waals surface area contributed by atoms with Crippen LogP contribution >= 0.6 is 11.3 Å². The second-order valence-corrected chi connectivity index (χ2v) is 6.77. The highest BCUT2D eigenvalue weighted by molar-refractivity contribution is 7.10. The van der Waals surface area contributed by atoms with Crippen molar-refractivity contribution >= 4 is 11.3 Å². The van der Waals surface area contributed by atoms with Gasteiger partial charge in [-0.3, -0.25) is 0 Å². The summed E-state index contributed by atoms with van der Waals surface area (Å²) in [5.41, 5.74) is 1.42. The molecule has 1 heterocycles. The van der Waals surface area contributed by atoms with Crippen molar-refractivity contribution in [3.05, 3.63) is 21.9 Å². The van der Waals surface area contributed by atoms with Crippen LogP contribution in [0.25, 0.3) is 0 Å². The van der Waals surface area contributed by atoms with Gasteiger partial charge < -0.3 is 10.0 Å². The van der Waals surface area contributed by atoms with Crippen LogP contribution in [0.15, 0.2) is 11.4 Å². The van der Waals surface area contributed by atoms with Crippen LogP contribution < -0.4 is 0 Å². The molecule has 2 nitrogen and oxygen atoms in total. The average Bonchev–Trinajstić information content (AvgIpc) is 2.63. The van der Waals surface area contributed by atoms with Crippen molar-refractivity contribution in [3.63, 3.8) is 0 Å². The molecule has 0 saturated heterocycles. The smallest absolute Gasteiger partial charge is 0.0540 e. The van der Waals surface area contributed by atoms with E-state index in [0.29, 0.717) is 11.8 Å². The van der Waals surface area contributed by atoms with Crippen LogP contribution in [-0.2, 0) is 6.54 Å². The topological polar surface area (TPSA) is 23.5 Å². The highest BCUT2D eigenvalue weighted by Gasteiger charge is 2.14. The Hall–Kier alpha value is -0.820. The van der Waals surface area contributed by atoms with Gasteiger partial charge in [0.25, 0.3) is 0 Å². The molecular formula is C15H23NOS. The van der Waals surface area contributed by atoms with Gasteiger partial charge in [-0.05, 0) is 23.9 Å². The molecule has 0 aliphatic carbocycles. The molecular weight excluding hydrogens is 242 g/mol. The largest absolute Gasteiger partial charge is 0.395 e. The number of aliphatic hydroxyl groups excluding tert-OH is 1. The Morgan fingerprint density at radius 1 is 1.39 bits per heavy atom. The fourth-order valence-corrected chi connectivity index (χ4v) is 2.81. The highest BCUT2D eigenvalue weighted by atomic mass is 32.1. The molecule has 0 bridgehead atoms. The first kappa shape index (κ1) is 15.2. The minimum Gasteiger partial charge on any atom is -0.395 e. The second kappa shape index (κ2) is 6.94. The molecule has 1 aromatic rings. The Kier molecular flexibility index (Phi) is 5.87. The van der Waals surface area contributed by atoms with Gasteiger partial charge in [0.05, 0.1) is 6.61 Å². The minimum atomic E-state index is 0.135. The third kappa shape index (κ3) is 5.68. The van der Waals surface area contributed by atoms with Crippen molar-refractivity contribution in [2.45, 2.75) is 33.7 Å². The Labute approximate surface area is 115 Å². The summed E-state index contributed by atoms with van der Waals surface area (Å²) in [5.74, 6) is 6.12. The minimum absolute atomic E-state index is 0.135. The van der Waals surface area contributed by atoms with Crippen LogP contribution in [0, 0.1) is 17.3 Å². The molecule has 0 aliphatic heterocycles. The Morgan fingerprint density at radius 3 is 2.72 bits per heavy atom. The SMILES string of the molecule is CN(Cc1sccc1C#CCCO)CC(C)(C)C. The Balaban J connectivity index is 2.63. The average molecular weight is 265 g/mol. The summed E-state index contributed by atoms with van der Waals surface area (Å²) >= 11 is 1.76. The molecule has 0 aliphatic rings. The molecule has 0 amide bonds. The maximum atomic E-state index is 8.73.